The van der Waals surface area contributed by atoms with Crippen LogP contribution >= 0.6 is 0 Å². The fraction of sp³-hybridized carbons (Fsp3) is 0.250. The molecule has 0 unspecified atom stereocenters. The van der Waals surface area contributed by atoms with Gasteiger partial charge in [0, 0.05) is 12.3 Å². The number of nitrogens with zero attached hydrogens (tertiary/aromatic N) is 1. The molecule has 2 rings (SSSR count). The molecule has 1 aromatic carbocycles. The fourth-order valence-electron chi connectivity index (χ4n) is 2.09. The van der Waals surface area contributed by atoms with E-state index in [1.165, 1.54) is 29.0 Å². The number of pyridine rings is 1. The van der Waals surface area contributed by atoms with Crippen LogP contribution in [0, 0.1) is 0 Å². The quantitative estimate of drug-likeness (QED) is 0.723. The molecule has 0 atom stereocenters. The monoisotopic (exact) mass is 349 g/mol. The number of hydrogen-bond donors (Lipinski definition) is 2. The number of benzene rings is 1. The minimum absolute atomic E-state index is 0.0551. The van der Waals surface area contributed by atoms with Crippen molar-refractivity contribution < 1.29 is 13.2 Å². The molecule has 2 aromatic rings. The average Bonchev–Trinajstić information content (AvgIpc) is 2.56. The van der Waals surface area contributed by atoms with E-state index in [0.717, 1.165) is 18.4 Å². The maximum Gasteiger partial charge on any atom is 0.257 e. The Balaban J connectivity index is 1.98. The molecule has 0 saturated heterocycles. The molecule has 0 saturated carbocycles. The number of carbonyl (C=O) groups is 1. The molecule has 0 radical (unpaired) electrons. The summed E-state index contributed by atoms with van der Waals surface area (Å²) >= 11 is 0. The van der Waals surface area contributed by atoms with Gasteiger partial charge in [0.2, 0.25) is 0 Å². The molecule has 24 heavy (non-hydrogen) atoms. The Hall–Kier alpha value is -2.45. The zero-order valence-electron chi connectivity index (χ0n) is 13.2. The van der Waals surface area contributed by atoms with Crippen LogP contribution in [0.15, 0.2) is 58.4 Å². The molecule has 1 amide bonds. The Labute approximate surface area is 140 Å². The molecule has 2 N–H and O–H groups in total. The number of aryl methyl sites for hydroxylation is 1. The standard InChI is InChI=1S/C16H19N3O4S/c1-2-5-13-7-9-14(10-8-13)24(22,23)18-17-15(20)12-19-11-4-3-6-16(19)21/h3-4,6-11,18H,2,5,12H2,1H3,(H,17,20). The van der Waals surface area contributed by atoms with E-state index < -0.39 is 15.9 Å². The van der Waals surface area contributed by atoms with Gasteiger partial charge in [-0.1, -0.05) is 31.5 Å². The van der Waals surface area contributed by atoms with Crippen LogP contribution in [0.25, 0.3) is 0 Å². The summed E-state index contributed by atoms with van der Waals surface area (Å²) in [5, 5.41) is 0. The Bertz CT molecular complexity index is 857. The van der Waals surface area contributed by atoms with E-state index in [2.05, 4.69) is 5.43 Å². The Morgan fingerprint density at radius 1 is 1.12 bits per heavy atom. The first-order chi connectivity index (χ1) is 11.4. The number of carbonyl (C=O) groups excluding carboxylic acids is 1. The molecule has 7 nitrogen and oxygen atoms in total. The average molecular weight is 349 g/mol. The highest BCUT2D eigenvalue weighted by atomic mass is 32.2. The second-order valence-electron chi connectivity index (χ2n) is 5.21. The number of rotatable bonds is 7. The van der Waals surface area contributed by atoms with Crippen molar-refractivity contribution >= 4 is 15.9 Å². The van der Waals surface area contributed by atoms with E-state index in [-0.39, 0.29) is 17.0 Å². The lowest BCUT2D eigenvalue weighted by molar-refractivity contribution is -0.122. The molecule has 0 fully saturated rings. The summed E-state index contributed by atoms with van der Waals surface area (Å²) in [7, 11) is -3.86. The van der Waals surface area contributed by atoms with Gasteiger partial charge in [0.15, 0.2) is 0 Å². The van der Waals surface area contributed by atoms with Crippen LogP contribution in [0.5, 0.6) is 0 Å². The second-order valence-corrected chi connectivity index (χ2v) is 6.90. The van der Waals surface area contributed by atoms with Gasteiger partial charge in [0.05, 0.1) is 4.90 Å². The SMILES string of the molecule is CCCc1ccc(S(=O)(=O)NNC(=O)Cn2ccccc2=O)cc1. The third-order valence-electron chi connectivity index (χ3n) is 3.31. The van der Waals surface area contributed by atoms with Gasteiger partial charge in [-0.05, 0) is 30.2 Å². The Morgan fingerprint density at radius 3 is 2.46 bits per heavy atom. The van der Waals surface area contributed by atoms with E-state index in [1.54, 1.807) is 24.3 Å². The van der Waals surface area contributed by atoms with Gasteiger partial charge in [-0.3, -0.25) is 15.0 Å². The summed E-state index contributed by atoms with van der Waals surface area (Å²) in [6.45, 7) is 1.76. The Kier molecular flexibility index (Phi) is 5.88. The van der Waals surface area contributed by atoms with Gasteiger partial charge in [-0.15, -0.1) is 4.83 Å². The van der Waals surface area contributed by atoms with Crippen molar-refractivity contribution in [3.63, 3.8) is 0 Å². The lowest BCUT2D eigenvalue weighted by Crippen LogP contribution is -2.44. The van der Waals surface area contributed by atoms with Crippen LogP contribution in [0.3, 0.4) is 0 Å². The molecule has 8 heteroatoms. The van der Waals surface area contributed by atoms with Crippen LogP contribution in [0.4, 0.5) is 0 Å². The van der Waals surface area contributed by atoms with E-state index in [9.17, 15) is 18.0 Å². The van der Waals surface area contributed by atoms with Crippen LogP contribution < -0.4 is 15.8 Å². The largest absolute Gasteiger partial charge is 0.306 e. The molecule has 0 bridgehead atoms. The van der Waals surface area contributed by atoms with Gasteiger partial charge < -0.3 is 4.57 Å². The van der Waals surface area contributed by atoms with Crippen molar-refractivity contribution in [3.05, 3.63) is 64.6 Å². The first kappa shape index (κ1) is 17.9. The van der Waals surface area contributed by atoms with Gasteiger partial charge in [-0.2, -0.15) is 0 Å². The number of sulfonamides is 1. The molecule has 128 valence electrons. The Morgan fingerprint density at radius 2 is 1.83 bits per heavy atom. The van der Waals surface area contributed by atoms with E-state index in [1.807, 2.05) is 11.8 Å². The lowest BCUT2D eigenvalue weighted by atomic mass is 10.1. The third-order valence-corrected chi connectivity index (χ3v) is 4.57. The summed E-state index contributed by atoms with van der Waals surface area (Å²) in [6.07, 6.45) is 3.29. The minimum atomic E-state index is -3.86. The predicted molar refractivity (Wildman–Crippen MR) is 89.6 cm³/mol. The van der Waals surface area contributed by atoms with Gasteiger partial charge in [0.25, 0.3) is 21.5 Å². The van der Waals surface area contributed by atoms with Crippen LogP contribution in [-0.4, -0.2) is 18.9 Å². The summed E-state index contributed by atoms with van der Waals surface area (Å²) in [5.74, 6) is -0.644. The van der Waals surface area contributed by atoms with Crippen molar-refractivity contribution in [1.29, 1.82) is 0 Å². The first-order valence-corrected chi connectivity index (χ1v) is 8.96. The molecule has 0 aliphatic heterocycles. The molecule has 0 aliphatic rings. The smallest absolute Gasteiger partial charge is 0.257 e. The van der Waals surface area contributed by atoms with Crippen LogP contribution in [0.1, 0.15) is 18.9 Å². The van der Waals surface area contributed by atoms with Crippen molar-refractivity contribution in [2.45, 2.75) is 31.2 Å². The fourth-order valence-corrected chi connectivity index (χ4v) is 2.95. The molecular weight excluding hydrogens is 330 g/mol. The lowest BCUT2D eigenvalue weighted by Gasteiger charge is -2.10. The van der Waals surface area contributed by atoms with Crippen molar-refractivity contribution in [1.82, 2.24) is 14.8 Å². The zero-order valence-corrected chi connectivity index (χ0v) is 14.0. The predicted octanol–water partition coefficient (Wildman–Crippen LogP) is 0.810. The van der Waals surface area contributed by atoms with Gasteiger partial charge >= 0.3 is 0 Å². The van der Waals surface area contributed by atoms with E-state index in [4.69, 9.17) is 0 Å². The molecule has 1 heterocycles. The molecule has 0 aliphatic carbocycles. The number of amides is 1. The van der Waals surface area contributed by atoms with Crippen LogP contribution in [0.2, 0.25) is 0 Å². The summed E-state index contributed by atoms with van der Waals surface area (Å²) < 4.78 is 25.4. The summed E-state index contributed by atoms with van der Waals surface area (Å²) in [5.41, 5.74) is 2.80. The number of nitrogens with one attached hydrogen (secondary N) is 2. The van der Waals surface area contributed by atoms with Crippen LogP contribution in [-0.2, 0) is 27.8 Å². The summed E-state index contributed by atoms with van der Waals surface area (Å²) in [6, 6.07) is 10.9. The topological polar surface area (TPSA) is 97.3 Å². The highest BCUT2D eigenvalue weighted by Crippen LogP contribution is 2.11. The minimum Gasteiger partial charge on any atom is -0.306 e. The van der Waals surface area contributed by atoms with Crippen molar-refractivity contribution in [2.24, 2.45) is 0 Å². The van der Waals surface area contributed by atoms with E-state index in [0.29, 0.717) is 0 Å². The molecule has 1 aromatic heterocycles. The second kappa shape index (κ2) is 7.89. The third kappa shape index (κ3) is 4.77. The number of hydrogen-bond acceptors (Lipinski definition) is 4. The highest BCUT2D eigenvalue weighted by molar-refractivity contribution is 7.89. The van der Waals surface area contributed by atoms with E-state index >= 15 is 0 Å². The normalized spacial score (nSPS) is 11.2. The van der Waals surface area contributed by atoms with Gasteiger partial charge in [0.1, 0.15) is 6.54 Å². The summed E-state index contributed by atoms with van der Waals surface area (Å²) in [4.78, 5) is 25.4. The molecular formula is C16H19N3O4S. The number of aromatic nitrogens is 1. The maximum absolute atomic E-state index is 12.1. The number of hydrazine groups is 1. The zero-order chi connectivity index (χ0) is 17.6. The van der Waals surface area contributed by atoms with Crippen molar-refractivity contribution in [3.8, 4) is 0 Å². The maximum atomic E-state index is 12.1. The highest BCUT2D eigenvalue weighted by Gasteiger charge is 2.15. The van der Waals surface area contributed by atoms with Crippen molar-refractivity contribution in [2.75, 3.05) is 0 Å². The first-order valence-electron chi connectivity index (χ1n) is 7.47. The van der Waals surface area contributed by atoms with Gasteiger partial charge in [-0.25, -0.2) is 8.42 Å². The molecule has 0 spiro atoms.